The second-order valence-electron chi connectivity index (χ2n) is 4.93. The van der Waals surface area contributed by atoms with Crippen LogP contribution in [-0.4, -0.2) is 27.3 Å². The van der Waals surface area contributed by atoms with Gasteiger partial charge in [0.2, 0.25) is 0 Å². The second kappa shape index (κ2) is 8.39. The minimum absolute atomic E-state index is 0.709. The lowest BCUT2D eigenvalue weighted by molar-refractivity contribution is 0.199. The molecule has 0 saturated heterocycles. The van der Waals surface area contributed by atoms with E-state index in [4.69, 9.17) is 16.3 Å². The van der Waals surface area contributed by atoms with Gasteiger partial charge in [-0.15, -0.1) is 0 Å². The Morgan fingerprint density at radius 3 is 2.90 bits per heavy atom. The van der Waals surface area contributed by atoms with Gasteiger partial charge in [-0.1, -0.05) is 11.6 Å². The molecule has 1 N–H and O–H groups in total. The van der Waals surface area contributed by atoms with E-state index in [0.29, 0.717) is 6.61 Å². The molecule has 1 aromatic carbocycles. The van der Waals surface area contributed by atoms with Crippen LogP contribution in [0.4, 0.5) is 5.69 Å². The lowest BCUT2D eigenvalue weighted by Crippen LogP contribution is -2.22. The Labute approximate surface area is 135 Å². The molecule has 2 rings (SSSR count). The van der Waals surface area contributed by atoms with Crippen LogP contribution in [0.25, 0.3) is 0 Å². The smallest absolute Gasteiger partial charge is 0.0587 e. The van der Waals surface area contributed by atoms with Crippen molar-refractivity contribution in [2.75, 3.05) is 32.2 Å². The van der Waals surface area contributed by atoms with E-state index in [1.807, 2.05) is 12.1 Å². The lowest BCUT2D eigenvalue weighted by Gasteiger charge is -2.22. The lowest BCUT2D eigenvalue weighted by atomic mass is 10.1. The first-order chi connectivity index (χ1) is 10.2. The summed E-state index contributed by atoms with van der Waals surface area (Å²) < 4.78 is 5.05. The molecule has 0 aliphatic rings. The van der Waals surface area contributed by atoms with Crippen LogP contribution in [0.5, 0.6) is 0 Å². The topological polar surface area (TPSA) is 24.5 Å². The van der Waals surface area contributed by atoms with Crippen molar-refractivity contribution in [1.29, 1.82) is 0 Å². The largest absolute Gasteiger partial charge is 0.383 e. The highest BCUT2D eigenvalue weighted by Gasteiger charge is 2.09. The van der Waals surface area contributed by atoms with Gasteiger partial charge < -0.3 is 15.0 Å². The minimum Gasteiger partial charge on any atom is -0.383 e. The van der Waals surface area contributed by atoms with Crippen LogP contribution in [-0.2, 0) is 17.8 Å². The Balaban J connectivity index is 2.06. The fraction of sp³-hybridized carbons (Fsp3) is 0.375. The van der Waals surface area contributed by atoms with Gasteiger partial charge in [-0.25, -0.2) is 0 Å². The highest BCUT2D eigenvalue weighted by atomic mass is 35.5. The Morgan fingerprint density at radius 1 is 1.33 bits per heavy atom. The van der Waals surface area contributed by atoms with Gasteiger partial charge in [-0.3, -0.25) is 0 Å². The molecule has 0 unspecified atom stereocenters. The fourth-order valence-corrected chi connectivity index (χ4v) is 3.06. The van der Waals surface area contributed by atoms with E-state index in [1.165, 1.54) is 16.8 Å². The van der Waals surface area contributed by atoms with Crippen molar-refractivity contribution in [3.05, 3.63) is 51.2 Å². The fourth-order valence-electron chi connectivity index (χ4n) is 2.21. The van der Waals surface area contributed by atoms with Crippen molar-refractivity contribution in [3.63, 3.8) is 0 Å². The molecular weight excluding hydrogens is 304 g/mol. The molecule has 21 heavy (non-hydrogen) atoms. The third-order valence-corrected chi connectivity index (χ3v) is 4.22. The van der Waals surface area contributed by atoms with Crippen LogP contribution >= 0.6 is 22.9 Å². The summed E-state index contributed by atoms with van der Waals surface area (Å²) in [5, 5.41) is 8.44. The summed E-state index contributed by atoms with van der Waals surface area (Å²) in [6.07, 6.45) is 0. The van der Waals surface area contributed by atoms with Crippen molar-refractivity contribution in [2.24, 2.45) is 0 Å². The van der Waals surface area contributed by atoms with Crippen LogP contribution in [0.15, 0.2) is 35.0 Å². The molecule has 1 aromatic heterocycles. The van der Waals surface area contributed by atoms with Crippen molar-refractivity contribution in [1.82, 2.24) is 5.32 Å². The molecule has 0 aliphatic carbocycles. The van der Waals surface area contributed by atoms with E-state index in [2.05, 4.69) is 40.2 Å². The Hall–Kier alpha value is -1.07. The molecule has 0 amide bonds. The molecule has 0 radical (unpaired) electrons. The number of methoxy groups -OCH3 is 1. The number of hydrogen-bond acceptors (Lipinski definition) is 4. The van der Waals surface area contributed by atoms with Gasteiger partial charge >= 0.3 is 0 Å². The minimum atomic E-state index is 0.709. The Kier molecular flexibility index (Phi) is 6.51. The van der Waals surface area contributed by atoms with E-state index >= 15 is 0 Å². The molecule has 2 aromatic rings. The molecule has 0 atom stereocenters. The number of hydrogen-bond donors (Lipinski definition) is 1. The van der Waals surface area contributed by atoms with Gasteiger partial charge in [0.25, 0.3) is 0 Å². The first kappa shape index (κ1) is 16.3. The standard InChI is InChI=1S/C16H21ClN2OS/c1-19(11-13-5-8-21-12-13)16-4-3-15(17)9-14(16)10-18-6-7-20-2/h3-5,8-9,12,18H,6-7,10-11H2,1-2H3. The van der Waals surface area contributed by atoms with E-state index in [0.717, 1.165) is 24.7 Å². The van der Waals surface area contributed by atoms with Crippen LogP contribution in [0.1, 0.15) is 11.1 Å². The highest BCUT2D eigenvalue weighted by Crippen LogP contribution is 2.25. The number of nitrogens with one attached hydrogen (secondary N) is 1. The first-order valence-electron chi connectivity index (χ1n) is 6.91. The summed E-state index contributed by atoms with van der Waals surface area (Å²) in [6.45, 7) is 3.22. The average Bonchev–Trinajstić information content (AvgIpc) is 2.96. The van der Waals surface area contributed by atoms with Crippen molar-refractivity contribution < 1.29 is 4.74 Å². The molecule has 0 saturated carbocycles. The SMILES string of the molecule is COCCNCc1cc(Cl)ccc1N(C)Cc1ccsc1. The maximum absolute atomic E-state index is 6.14. The summed E-state index contributed by atoms with van der Waals surface area (Å²) in [5.41, 5.74) is 3.74. The van der Waals surface area contributed by atoms with Gasteiger partial charge in [0.1, 0.15) is 0 Å². The maximum Gasteiger partial charge on any atom is 0.0587 e. The molecule has 0 bridgehead atoms. The Morgan fingerprint density at radius 2 is 2.19 bits per heavy atom. The average molecular weight is 325 g/mol. The normalized spacial score (nSPS) is 10.8. The van der Waals surface area contributed by atoms with Crippen LogP contribution in [0.3, 0.4) is 0 Å². The zero-order valence-corrected chi connectivity index (χ0v) is 14.0. The van der Waals surface area contributed by atoms with Crippen molar-refractivity contribution in [3.8, 4) is 0 Å². The quantitative estimate of drug-likeness (QED) is 0.748. The molecule has 5 heteroatoms. The van der Waals surface area contributed by atoms with E-state index < -0.39 is 0 Å². The summed E-state index contributed by atoms with van der Waals surface area (Å²) in [5.74, 6) is 0. The predicted octanol–water partition coefficient (Wildman–Crippen LogP) is 3.77. The molecule has 0 spiro atoms. The van der Waals surface area contributed by atoms with Crippen LogP contribution in [0, 0.1) is 0 Å². The maximum atomic E-state index is 6.14. The number of nitrogens with zero attached hydrogens (tertiary/aromatic N) is 1. The Bertz CT molecular complexity index is 545. The number of anilines is 1. The summed E-state index contributed by atoms with van der Waals surface area (Å²) in [4.78, 5) is 2.26. The molecule has 1 heterocycles. The van der Waals surface area contributed by atoms with Crippen LogP contribution < -0.4 is 10.2 Å². The molecule has 3 nitrogen and oxygen atoms in total. The van der Waals surface area contributed by atoms with E-state index in [9.17, 15) is 0 Å². The van der Waals surface area contributed by atoms with E-state index in [1.54, 1.807) is 18.4 Å². The van der Waals surface area contributed by atoms with Crippen molar-refractivity contribution in [2.45, 2.75) is 13.1 Å². The monoisotopic (exact) mass is 324 g/mol. The van der Waals surface area contributed by atoms with Gasteiger partial charge in [-0.2, -0.15) is 11.3 Å². The third kappa shape index (κ3) is 5.00. The number of halogens is 1. The van der Waals surface area contributed by atoms with Gasteiger partial charge in [0.05, 0.1) is 6.61 Å². The number of benzene rings is 1. The zero-order chi connectivity index (χ0) is 15.1. The first-order valence-corrected chi connectivity index (χ1v) is 8.23. The summed E-state index contributed by atoms with van der Waals surface area (Å²) >= 11 is 7.86. The second-order valence-corrected chi connectivity index (χ2v) is 6.15. The predicted molar refractivity (Wildman–Crippen MR) is 91.5 cm³/mol. The molecule has 114 valence electrons. The van der Waals surface area contributed by atoms with E-state index in [-0.39, 0.29) is 0 Å². The molecular formula is C16H21ClN2OS. The van der Waals surface area contributed by atoms with Gasteiger partial charge in [0.15, 0.2) is 0 Å². The summed E-state index contributed by atoms with van der Waals surface area (Å²) in [6, 6.07) is 8.22. The number of ether oxygens (including phenoxy) is 1. The van der Waals surface area contributed by atoms with Crippen molar-refractivity contribution >= 4 is 28.6 Å². The van der Waals surface area contributed by atoms with Gasteiger partial charge in [-0.05, 0) is 46.2 Å². The van der Waals surface area contributed by atoms with Crippen LogP contribution in [0.2, 0.25) is 5.02 Å². The zero-order valence-electron chi connectivity index (χ0n) is 12.4. The number of rotatable bonds is 8. The highest BCUT2D eigenvalue weighted by molar-refractivity contribution is 7.07. The molecule has 0 aliphatic heterocycles. The third-order valence-electron chi connectivity index (χ3n) is 3.25. The summed E-state index contributed by atoms with van der Waals surface area (Å²) in [7, 11) is 3.82. The number of thiophene rings is 1. The van der Waals surface area contributed by atoms with Gasteiger partial charge in [0, 0.05) is 44.5 Å². The molecule has 0 fully saturated rings.